The van der Waals surface area contributed by atoms with Crippen molar-refractivity contribution in [3.8, 4) is 17.2 Å². The molecule has 1 aliphatic rings. The number of amides is 2. The summed E-state index contributed by atoms with van der Waals surface area (Å²) >= 11 is 0. The van der Waals surface area contributed by atoms with Crippen LogP contribution >= 0.6 is 0 Å². The summed E-state index contributed by atoms with van der Waals surface area (Å²) in [4.78, 5) is 29.3. The number of methoxy groups -OCH3 is 1. The molecule has 206 valence electrons. The van der Waals surface area contributed by atoms with Gasteiger partial charge in [-0.25, -0.2) is 0 Å². The molecular weight excluding hydrogens is 492 g/mol. The second-order valence-corrected chi connectivity index (χ2v) is 9.87. The number of fused-ring (bicyclic) bond motifs is 1. The van der Waals surface area contributed by atoms with Crippen LogP contribution in [0.3, 0.4) is 0 Å². The number of nitrogens with zero attached hydrogens (tertiary/aromatic N) is 1. The Kier molecular flexibility index (Phi) is 9.84. The second kappa shape index (κ2) is 13.7. The van der Waals surface area contributed by atoms with Gasteiger partial charge in [0.1, 0.15) is 25.0 Å². The summed E-state index contributed by atoms with van der Waals surface area (Å²) in [7, 11) is 1.62. The lowest BCUT2D eigenvalue weighted by molar-refractivity contribution is -0.141. The van der Waals surface area contributed by atoms with Crippen LogP contribution < -0.4 is 19.5 Å². The predicted molar refractivity (Wildman–Crippen MR) is 151 cm³/mol. The highest BCUT2D eigenvalue weighted by Gasteiger charge is 2.31. The SMILES string of the molecule is CC[C@H](C)NC(=O)[C@@H](Cc1ccccc1)N(Cc1cccc(OC)c1)C(=O)CCc1ccc2c(c1)OCCO2. The highest BCUT2D eigenvalue weighted by atomic mass is 16.6. The summed E-state index contributed by atoms with van der Waals surface area (Å²) in [6.45, 7) is 5.35. The molecule has 39 heavy (non-hydrogen) atoms. The van der Waals surface area contributed by atoms with E-state index in [1.54, 1.807) is 12.0 Å². The first-order chi connectivity index (χ1) is 19.0. The van der Waals surface area contributed by atoms with E-state index in [0.29, 0.717) is 44.1 Å². The molecular formula is C32H38N2O5. The van der Waals surface area contributed by atoms with Crippen molar-refractivity contribution in [2.24, 2.45) is 0 Å². The van der Waals surface area contributed by atoms with Crippen LogP contribution in [0, 0.1) is 0 Å². The van der Waals surface area contributed by atoms with Crippen LogP contribution in [-0.4, -0.2) is 49.1 Å². The van der Waals surface area contributed by atoms with Crippen LogP contribution in [0.5, 0.6) is 17.2 Å². The minimum absolute atomic E-state index is 0.00209. The van der Waals surface area contributed by atoms with Gasteiger partial charge in [0.05, 0.1) is 7.11 Å². The van der Waals surface area contributed by atoms with Crippen molar-refractivity contribution < 1.29 is 23.8 Å². The summed E-state index contributed by atoms with van der Waals surface area (Å²) in [6.07, 6.45) is 2.00. The van der Waals surface area contributed by atoms with Gasteiger partial charge in [0.25, 0.3) is 0 Å². The minimum atomic E-state index is -0.666. The van der Waals surface area contributed by atoms with Gasteiger partial charge in [-0.2, -0.15) is 0 Å². The van der Waals surface area contributed by atoms with Crippen molar-refractivity contribution in [3.63, 3.8) is 0 Å². The lowest BCUT2D eigenvalue weighted by atomic mass is 10.0. The molecule has 0 aliphatic carbocycles. The smallest absolute Gasteiger partial charge is 0.243 e. The maximum absolute atomic E-state index is 13.9. The highest BCUT2D eigenvalue weighted by Crippen LogP contribution is 2.31. The zero-order valence-corrected chi connectivity index (χ0v) is 23.0. The van der Waals surface area contributed by atoms with Crippen molar-refractivity contribution in [2.45, 2.75) is 58.2 Å². The van der Waals surface area contributed by atoms with E-state index in [-0.39, 0.29) is 24.3 Å². The number of carbonyl (C=O) groups excluding carboxylic acids is 2. The summed E-state index contributed by atoms with van der Waals surface area (Å²) in [5.74, 6) is 1.89. The quantitative estimate of drug-likeness (QED) is 0.358. The number of ether oxygens (including phenoxy) is 3. The van der Waals surface area contributed by atoms with E-state index in [4.69, 9.17) is 14.2 Å². The van der Waals surface area contributed by atoms with Crippen LogP contribution in [0.1, 0.15) is 43.4 Å². The Balaban J connectivity index is 1.61. The first-order valence-corrected chi connectivity index (χ1v) is 13.6. The number of benzene rings is 3. The molecule has 0 bridgehead atoms. The van der Waals surface area contributed by atoms with E-state index in [0.717, 1.165) is 28.9 Å². The van der Waals surface area contributed by atoms with Crippen molar-refractivity contribution in [3.05, 3.63) is 89.5 Å². The molecule has 0 saturated carbocycles. The van der Waals surface area contributed by atoms with Crippen LogP contribution in [0.15, 0.2) is 72.8 Å². The third-order valence-electron chi connectivity index (χ3n) is 6.99. The molecule has 0 unspecified atom stereocenters. The number of carbonyl (C=O) groups is 2. The van der Waals surface area contributed by atoms with Crippen molar-refractivity contribution in [2.75, 3.05) is 20.3 Å². The predicted octanol–water partition coefficient (Wildman–Crippen LogP) is 4.95. The average molecular weight is 531 g/mol. The molecule has 2 atom stereocenters. The van der Waals surface area contributed by atoms with Gasteiger partial charge in [-0.15, -0.1) is 0 Å². The van der Waals surface area contributed by atoms with Crippen LogP contribution in [0.2, 0.25) is 0 Å². The van der Waals surface area contributed by atoms with Gasteiger partial charge in [-0.05, 0) is 60.7 Å². The van der Waals surface area contributed by atoms with Crippen LogP contribution in [-0.2, 0) is 29.0 Å². The summed E-state index contributed by atoms with van der Waals surface area (Å²) < 4.78 is 16.8. The molecule has 0 aromatic heterocycles. The average Bonchev–Trinajstić information content (AvgIpc) is 2.98. The van der Waals surface area contributed by atoms with Gasteiger partial charge in [0.15, 0.2) is 11.5 Å². The van der Waals surface area contributed by atoms with Gasteiger partial charge >= 0.3 is 0 Å². The second-order valence-electron chi connectivity index (χ2n) is 9.87. The molecule has 1 heterocycles. The molecule has 0 fully saturated rings. The fourth-order valence-electron chi connectivity index (χ4n) is 4.60. The summed E-state index contributed by atoms with van der Waals surface area (Å²) in [5, 5.41) is 3.11. The zero-order chi connectivity index (χ0) is 27.6. The maximum Gasteiger partial charge on any atom is 0.243 e. The lowest BCUT2D eigenvalue weighted by Gasteiger charge is -2.32. The summed E-state index contributed by atoms with van der Waals surface area (Å²) in [6, 6.07) is 22.6. The number of aryl methyl sites for hydroxylation is 1. The Morgan fingerprint density at radius 2 is 1.67 bits per heavy atom. The number of hydrogen-bond acceptors (Lipinski definition) is 5. The van der Waals surface area contributed by atoms with Crippen LogP contribution in [0.4, 0.5) is 0 Å². The third-order valence-corrected chi connectivity index (χ3v) is 6.99. The standard InChI is InChI=1S/C32H38N2O5/c1-4-23(2)33-32(36)28(20-24-9-6-5-7-10-24)34(22-26-11-8-12-27(19-26)37-3)31(35)16-14-25-13-15-29-30(21-25)39-18-17-38-29/h5-13,15,19,21,23,28H,4,14,16-18,20,22H2,1-3H3,(H,33,36)/t23-,28+/m0/s1. The molecule has 2 amide bonds. The van der Waals surface area contributed by atoms with Gasteiger partial charge < -0.3 is 24.4 Å². The molecule has 1 aliphatic heterocycles. The molecule has 7 heteroatoms. The van der Waals surface area contributed by atoms with Gasteiger partial charge in [0.2, 0.25) is 11.8 Å². The zero-order valence-electron chi connectivity index (χ0n) is 23.0. The maximum atomic E-state index is 13.9. The topological polar surface area (TPSA) is 77.1 Å². The normalized spacial score (nSPS) is 13.7. The Hall–Kier alpha value is -4.00. The van der Waals surface area contributed by atoms with E-state index >= 15 is 0 Å². The van der Waals surface area contributed by atoms with Gasteiger partial charge in [0, 0.05) is 25.4 Å². The Labute approximate surface area is 231 Å². The lowest BCUT2D eigenvalue weighted by Crippen LogP contribution is -2.52. The highest BCUT2D eigenvalue weighted by molar-refractivity contribution is 5.88. The molecule has 3 aromatic carbocycles. The van der Waals surface area contributed by atoms with Gasteiger partial charge in [-0.1, -0.05) is 55.5 Å². The molecule has 0 saturated heterocycles. The Morgan fingerprint density at radius 1 is 0.923 bits per heavy atom. The monoisotopic (exact) mass is 530 g/mol. The van der Waals surface area contributed by atoms with Crippen LogP contribution in [0.25, 0.3) is 0 Å². The molecule has 0 spiro atoms. The van der Waals surface area contributed by atoms with E-state index in [9.17, 15) is 9.59 Å². The van der Waals surface area contributed by atoms with E-state index < -0.39 is 6.04 Å². The molecule has 4 rings (SSSR count). The summed E-state index contributed by atoms with van der Waals surface area (Å²) in [5.41, 5.74) is 2.88. The fourth-order valence-corrected chi connectivity index (χ4v) is 4.60. The Morgan fingerprint density at radius 3 is 2.41 bits per heavy atom. The van der Waals surface area contributed by atoms with Crippen molar-refractivity contribution >= 4 is 11.8 Å². The molecule has 1 N–H and O–H groups in total. The minimum Gasteiger partial charge on any atom is -0.497 e. The number of nitrogens with one attached hydrogen (secondary N) is 1. The third kappa shape index (κ3) is 7.76. The van der Waals surface area contributed by atoms with Crippen molar-refractivity contribution in [1.82, 2.24) is 10.2 Å². The van der Waals surface area contributed by atoms with E-state index in [2.05, 4.69) is 5.32 Å². The molecule has 7 nitrogen and oxygen atoms in total. The molecule has 0 radical (unpaired) electrons. The van der Waals surface area contributed by atoms with E-state index in [1.807, 2.05) is 86.6 Å². The number of hydrogen-bond donors (Lipinski definition) is 1. The fraction of sp³-hybridized carbons (Fsp3) is 0.375. The Bertz CT molecular complexity index is 1250. The largest absolute Gasteiger partial charge is 0.497 e. The first-order valence-electron chi connectivity index (χ1n) is 13.6. The molecule has 3 aromatic rings. The van der Waals surface area contributed by atoms with Gasteiger partial charge in [-0.3, -0.25) is 9.59 Å². The first kappa shape index (κ1) is 28.0. The van der Waals surface area contributed by atoms with E-state index in [1.165, 1.54) is 0 Å². The number of rotatable bonds is 12. The van der Waals surface area contributed by atoms with Crippen molar-refractivity contribution in [1.29, 1.82) is 0 Å².